The monoisotopic (exact) mass is 182 g/mol. The first-order valence-electron chi connectivity index (χ1n) is 3.69. The van der Waals surface area contributed by atoms with Crippen LogP contribution in [0.15, 0.2) is 6.07 Å². The molecule has 0 N–H and O–H groups in total. The number of hydrogen-bond donors (Lipinski definition) is 0. The van der Waals surface area contributed by atoms with Crippen LogP contribution in [0.2, 0.25) is 0 Å². The summed E-state index contributed by atoms with van der Waals surface area (Å²) in [6, 6.07) is 2.03. The van der Waals surface area contributed by atoms with Gasteiger partial charge in [-0.3, -0.25) is 4.68 Å². The van der Waals surface area contributed by atoms with Gasteiger partial charge in [-0.1, -0.05) is 11.3 Å². The third-order valence-electron chi connectivity index (χ3n) is 1.87. The number of hydrogen-bond acceptors (Lipinski definition) is 3. The largest absolute Gasteiger partial charge is 0.487 e. The molecule has 0 aliphatic rings. The van der Waals surface area contributed by atoms with E-state index in [9.17, 15) is 0 Å². The van der Waals surface area contributed by atoms with Crippen LogP contribution in [0.3, 0.4) is 0 Å². The van der Waals surface area contributed by atoms with Crippen molar-refractivity contribution < 1.29 is 4.74 Å². The number of fused-ring (bicyclic) bond motifs is 1. The Hall–Kier alpha value is -1.03. The van der Waals surface area contributed by atoms with Crippen molar-refractivity contribution in [3.05, 3.63) is 11.8 Å². The maximum absolute atomic E-state index is 5.14. The van der Waals surface area contributed by atoms with E-state index < -0.39 is 0 Å². The second-order valence-electron chi connectivity index (χ2n) is 2.70. The van der Waals surface area contributed by atoms with Crippen LogP contribution < -0.4 is 4.74 Å². The molecular weight excluding hydrogens is 172 g/mol. The van der Waals surface area contributed by atoms with Gasteiger partial charge in [0.25, 0.3) is 0 Å². The highest BCUT2D eigenvalue weighted by molar-refractivity contribution is 7.20. The number of nitrogens with zero attached hydrogens (tertiary/aromatic N) is 2. The Morgan fingerprint density at radius 2 is 2.33 bits per heavy atom. The van der Waals surface area contributed by atoms with E-state index in [-0.39, 0.29) is 0 Å². The van der Waals surface area contributed by atoms with Gasteiger partial charge in [0, 0.05) is 18.5 Å². The van der Waals surface area contributed by atoms with Gasteiger partial charge in [0.2, 0.25) is 0 Å². The number of methoxy groups -OCH3 is 1. The molecule has 0 saturated heterocycles. The predicted octanol–water partition coefficient (Wildman–Crippen LogP) is 1.95. The Morgan fingerprint density at radius 1 is 1.58 bits per heavy atom. The minimum atomic E-state index is 0.945. The standard InChI is InChI=1S/C8H10N2OS/c1-5-6-4-7(11-3)12-8(6)10(2)9-5/h4H,1-3H3. The first-order chi connectivity index (χ1) is 5.72. The summed E-state index contributed by atoms with van der Waals surface area (Å²) >= 11 is 1.62. The fourth-order valence-corrected chi connectivity index (χ4v) is 2.22. The van der Waals surface area contributed by atoms with E-state index in [1.165, 1.54) is 10.2 Å². The van der Waals surface area contributed by atoms with Crippen molar-refractivity contribution >= 4 is 21.6 Å². The van der Waals surface area contributed by atoms with Crippen molar-refractivity contribution in [2.24, 2.45) is 7.05 Å². The molecule has 0 amide bonds. The normalized spacial score (nSPS) is 10.9. The maximum Gasteiger partial charge on any atom is 0.176 e. The average molecular weight is 182 g/mol. The fraction of sp³-hybridized carbons (Fsp3) is 0.375. The lowest BCUT2D eigenvalue weighted by molar-refractivity contribution is 0.427. The van der Waals surface area contributed by atoms with Crippen molar-refractivity contribution in [1.29, 1.82) is 0 Å². The van der Waals surface area contributed by atoms with Crippen LogP contribution >= 0.6 is 11.3 Å². The number of thiophene rings is 1. The first-order valence-corrected chi connectivity index (χ1v) is 4.51. The quantitative estimate of drug-likeness (QED) is 0.674. The molecule has 3 nitrogen and oxygen atoms in total. The lowest BCUT2D eigenvalue weighted by atomic mass is 10.3. The van der Waals surface area contributed by atoms with E-state index in [1.807, 2.05) is 24.7 Å². The molecule has 64 valence electrons. The Kier molecular flexibility index (Phi) is 1.58. The zero-order valence-corrected chi connectivity index (χ0v) is 8.10. The number of rotatable bonds is 1. The first kappa shape index (κ1) is 7.61. The summed E-state index contributed by atoms with van der Waals surface area (Å²) in [5.41, 5.74) is 1.06. The summed E-state index contributed by atoms with van der Waals surface area (Å²) in [4.78, 5) is 1.17. The summed E-state index contributed by atoms with van der Waals surface area (Å²) in [6.07, 6.45) is 0. The average Bonchev–Trinajstić information content (AvgIpc) is 2.55. The smallest absolute Gasteiger partial charge is 0.176 e. The Balaban J connectivity index is 2.75. The van der Waals surface area contributed by atoms with Crippen LogP contribution in [-0.2, 0) is 7.05 Å². The summed E-state index contributed by atoms with van der Waals surface area (Å²) in [5, 5.41) is 6.44. The predicted molar refractivity (Wildman–Crippen MR) is 49.9 cm³/mol. The second-order valence-corrected chi connectivity index (χ2v) is 3.69. The zero-order chi connectivity index (χ0) is 8.72. The van der Waals surface area contributed by atoms with Gasteiger partial charge in [-0.25, -0.2) is 0 Å². The lowest BCUT2D eigenvalue weighted by Gasteiger charge is -1.90. The molecule has 0 fully saturated rings. The van der Waals surface area contributed by atoms with Gasteiger partial charge >= 0.3 is 0 Å². The van der Waals surface area contributed by atoms with Crippen LogP contribution in [0.5, 0.6) is 5.06 Å². The van der Waals surface area contributed by atoms with Gasteiger partial charge in [0.1, 0.15) is 4.83 Å². The molecule has 2 heterocycles. The van der Waals surface area contributed by atoms with Crippen molar-refractivity contribution in [2.75, 3.05) is 7.11 Å². The minimum Gasteiger partial charge on any atom is -0.487 e. The fourth-order valence-electron chi connectivity index (χ4n) is 1.28. The van der Waals surface area contributed by atoms with E-state index >= 15 is 0 Å². The Labute approximate surface area is 74.6 Å². The molecule has 2 rings (SSSR count). The molecule has 0 bridgehead atoms. The van der Waals surface area contributed by atoms with Crippen LogP contribution in [0.1, 0.15) is 5.69 Å². The molecule has 0 aliphatic carbocycles. The molecular formula is C8H10N2OS. The SMILES string of the molecule is COc1cc2c(C)nn(C)c2s1. The van der Waals surface area contributed by atoms with Crippen molar-refractivity contribution in [3.8, 4) is 5.06 Å². The third kappa shape index (κ3) is 0.914. The second kappa shape index (κ2) is 2.48. The molecule has 4 heteroatoms. The molecule has 0 saturated carbocycles. The van der Waals surface area contributed by atoms with Crippen LogP contribution in [-0.4, -0.2) is 16.9 Å². The van der Waals surface area contributed by atoms with Gasteiger partial charge in [0.15, 0.2) is 5.06 Å². The highest BCUT2D eigenvalue weighted by Gasteiger charge is 2.09. The maximum atomic E-state index is 5.14. The molecule has 0 radical (unpaired) electrons. The summed E-state index contributed by atoms with van der Waals surface area (Å²) < 4.78 is 7.03. The van der Waals surface area contributed by atoms with Crippen molar-refractivity contribution in [1.82, 2.24) is 9.78 Å². The van der Waals surface area contributed by atoms with Gasteiger partial charge < -0.3 is 4.74 Å². The third-order valence-corrected chi connectivity index (χ3v) is 3.04. The van der Waals surface area contributed by atoms with Gasteiger partial charge in [-0.2, -0.15) is 5.10 Å². The van der Waals surface area contributed by atoms with E-state index in [0.717, 1.165) is 10.8 Å². The summed E-state index contributed by atoms with van der Waals surface area (Å²) in [5.74, 6) is 0. The van der Waals surface area contributed by atoms with Gasteiger partial charge in [-0.05, 0) is 6.92 Å². The van der Waals surface area contributed by atoms with Crippen molar-refractivity contribution in [3.63, 3.8) is 0 Å². The van der Waals surface area contributed by atoms with Crippen LogP contribution in [0, 0.1) is 6.92 Å². The van der Waals surface area contributed by atoms with Crippen molar-refractivity contribution in [2.45, 2.75) is 6.92 Å². The Morgan fingerprint density at radius 3 is 2.92 bits per heavy atom. The molecule has 0 atom stereocenters. The van der Waals surface area contributed by atoms with Crippen LogP contribution in [0.25, 0.3) is 10.2 Å². The minimum absolute atomic E-state index is 0.945. The number of aromatic nitrogens is 2. The van der Waals surface area contributed by atoms with Gasteiger partial charge in [-0.15, -0.1) is 0 Å². The lowest BCUT2D eigenvalue weighted by Crippen LogP contribution is -1.87. The van der Waals surface area contributed by atoms with E-state index in [4.69, 9.17) is 4.74 Å². The molecule has 0 aliphatic heterocycles. The topological polar surface area (TPSA) is 27.1 Å². The molecule has 12 heavy (non-hydrogen) atoms. The van der Waals surface area contributed by atoms with Crippen LogP contribution in [0.4, 0.5) is 0 Å². The molecule has 2 aromatic rings. The molecule has 2 aromatic heterocycles. The molecule has 0 unspecified atom stereocenters. The highest BCUT2D eigenvalue weighted by Crippen LogP contribution is 2.32. The van der Waals surface area contributed by atoms with E-state index in [1.54, 1.807) is 18.4 Å². The summed E-state index contributed by atoms with van der Waals surface area (Å²) in [6.45, 7) is 2.01. The highest BCUT2D eigenvalue weighted by atomic mass is 32.1. The Bertz CT molecular complexity index is 381. The molecule has 0 aromatic carbocycles. The summed E-state index contributed by atoms with van der Waals surface area (Å²) in [7, 11) is 3.64. The zero-order valence-electron chi connectivity index (χ0n) is 7.29. The van der Waals surface area contributed by atoms with E-state index in [0.29, 0.717) is 0 Å². The van der Waals surface area contributed by atoms with E-state index in [2.05, 4.69) is 5.10 Å². The molecule has 0 spiro atoms. The van der Waals surface area contributed by atoms with Gasteiger partial charge in [0.05, 0.1) is 12.8 Å². The number of aryl methyl sites for hydroxylation is 2. The number of ether oxygens (including phenoxy) is 1.